The molecular formula is C12H16N2O2. The lowest BCUT2D eigenvalue weighted by atomic mass is 9.96. The van der Waals surface area contributed by atoms with Crippen LogP contribution in [-0.2, 0) is 4.79 Å². The minimum Gasteiger partial charge on any atom is -0.480 e. The van der Waals surface area contributed by atoms with Crippen molar-refractivity contribution >= 4 is 11.8 Å². The second-order valence-electron chi connectivity index (χ2n) is 4.58. The van der Waals surface area contributed by atoms with Crippen LogP contribution in [-0.4, -0.2) is 21.6 Å². The predicted molar refractivity (Wildman–Crippen MR) is 61.2 cm³/mol. The van der Waals surface area contributed by atoms with Crippen LogP contribution in [0.3, 0.4) is 0 Å². The third-order valence-corrected chi connectivity index (χ3v) is 3.20. The van der Waals surface area contributed by atoms with Gasteiger partial charge in [-0.15, -0.1) is 0 Å². The highest BCUT2D eigenvalue weighted by Crippen LogP contribution is 2.36. The van der Waals surface area contributed by atoms with Crippen LogP contribution in [0.25, 0.3) is 0 Å². The fourth-order valence-corrected chi connectivity index (χ4v) is 2.33. The summed E-state index contributed by atoms with van der Waals surface area (Å²) in [4.78, 5) is 15.5. The number of pyridine rings is 1. The van der Waals surface area contributed by atoms with Crippen molar-refractivity contribution in [2.24, 2.45) is 5.92 Å². The van der Waals surface area contributed by atoms with E-state index < -0.39 is 11.5 Å². The Kier molecular flexibility index (Phi) is 2.81. The Morgan fingerprint density at radius 1 is 1.62 bits per heavy atom. The van der Waals surface area contributed by atoms with Crippen LogP contribution < -0.4 is 5.32 Å². The van der Waals surface area contributed by atoms with Crippen molar-refractivity contribution in [2.45, 2.75) is 31.7 Å². The van der Waals surface area contributed by atoms with Crippen LogP contribution >= 0.6 is 0 Å². The number of aromatic nitrogens is 1. The molecule has 1 aliphatic rings. The van der Waals surface area contributed by atoms with Gasteiger partial charge in [-0.25, -0.2) is 9.78 Å². The summed E-state index contributed by atoms with van der Waals surface area (Å²) in [5.74, 6) is 0.314. The number of hydrogen-bond donors (Lipinski definition) is 2. The Morgan fingerprint density at radius 3 is 2.94 bits per heavy atom. The number of nitrogens with one attached hydrogen (secondary N) is 1. The molecule has 2 N–H and O–H groups in total. The maximum atomic E-state index is 11.4. The van der Waals surface area contributed by atoms with E-state index in [-0.39, 0.29) is 0 Å². The van der Waals surface area contributed by atoms with E-state index in [0.717, 1.165) is 6.42 Å². The second kappa shape index (κ2) is 4.12. The highest BCUT2D eigenvalue weighted by molar-refractivity contribution is 5.82. The molecule has 0 spiro atoms. The number of nitrogens with zero attached hydrogens (tertiary/aromatic N) is 1. The highest BCUT2D eigenvalue weighted by Gasteiger charge is 2.44. The highest BCUT2D eigenvalue weighted by atomic mass is 16.4. The van der Waals surface area contributed by atoms with Gasteiger partial charge in [-0.3, -0.25) is 0 Å². The molecule has 0 saturated heterocycles. The van der Waals surface area contributed by atoms with Gasteiger partial charge in [0.05, 0.1) is 0 Å². The average molecular weight is 220 g/mol. The van der Waals surface area contributed by atoms with Crippen LogP contribution in [0.2, 0.25) is 0 Å². The van der Waals surface area contributed by atoms with E-state index in [9.17, 15) is 9.90 Å². The SMILES string of the molecule is CC1CCC(Nc2ccccn2)(C(=O)O)C1. The number of carboxylic acid groups (broad SMARTS) is 1. The van der Waals surface area contributed by atoms with Crippen molar-refractivity contribution in [3.8, 4) is 0 Å². The number of aliphatic carboxylic acids is 1. The minimum atomic E-state index is -0.826. The van der Waals surface area contributed by atoms with Gasteiger partial charge in [0.2, 0.25) is 0 Å². The molecule has 2 unspecified atom stereocenters. The Labute approximate surface area is 94.7 Å². The Hall–Kier alpha value is -1.58. The maximum absolute atomic E-state index is 11.4. The molecule has 1 aromatic heterocycles. The van der Waals surface area contributed by atoms with Crippen molar-refractivity contribution in [1.29, 1.82) is 0 Å². The molecular weight excluding hydrogens is 204 g/mol. The van der Waals surface area contributed by atoms with E-state index in [1.165, 1.54) is 0 Å². The van der Waals surface area contributed by atoms with E-state index in [4.69, 9.17) is 0 Å². The molecule has 86 valence electrons. The molecule has 16 heavy (non-hydrogen) atoms. The quantitative estimate of drug-likeness (QED) is 0.819. The second-order valence-corrected chi connectivity index (χ2v) is 4.58. The van der Waals surface area contributed by atoms with Gasteiger partial charge in [0.1, 0.15) is 11.4 Å². The monoisotopic (exact) mass is 220 g/mol. The molecule has 0 radical (unpaired) electrons. The van der Waals surface area contributed by atoms with Gasteiger partial charge in [0, 0.05) is 6.20 Å². The normalized spacial score (nSPS) is 28.9. The Morgan fingerprint density at radius 2 is 2.44 bits per heavy atom. The van der Waals surface area contributed by atoms with Crippen LogP contribution in [0, 0.1) is 5.92 Å². The molecule has 1 fully saturated rings. The van der Waals surface area contributed by atoms with Gasteiger partial charge in [-0.1, -0.05) is 13.0 Å². The summed E-state index contributed by atoms with van der Waals surface area (Å²) < 4.78 is 0. The fourth-order valence-electron chi connectivity index (χ4n) is 2.33. The van der Waals surface area contributed by atoms with Gasteiger partial charge >= 0.3 is 5.97 Å². The first-order valence-electron chi connectivity index (χ1n) is 5.55. The molecule has 0 amide bonds. The maximum Gasteiger partial charge on any atom is 0.329 e. The molecule has 0 aromatic carbocycles. The summed E-state index contributed by atoms with van der Waals surface area (Å²) in [6.45, 7) is 2.09. The summed E-state index contributed by atoms with van der Waals surface area (Å²) in [5, 5.41) is 12.4. The smallest absolute Gasteiger partial charge is 0.329 e. The summed E-state index contributed by atoms with van der Waals surface area (Å²) in [6, 6.07) is 5.47. The largest absolute Gasteiger partial charge is 0.480 e. The van der Waals surface area contributed by atoms with Crippen molar-refractivity contribution in [3.05, 3.63) is 24.4 Å². The summed E-state index contributed by atoms with van der Waals surface area (Å²) in [6.07, 6.45) is 3.95. The van der Waals surface area contributed by atoms with Crippen molar-refractivity contribution in [1.82, 2.24) is 4.98 Å². The standard InChI is InChI=1S/C12H16N2O2/c1-9-5-6-12(8-9,11(15)16)14-10-4-2-3-7-13-10/h2-4,7,9H,5-6,8H2,1H3,(H,13,14)(H,15,16). The number of anilines is 1. The van der Waals surface area contributed by atoms with Gasteiger partial charge in [0.15, 0.2) is 0 Å². The van der Waals surface area contributed by atoms with E-state index >= 15 is 0 Å². The molecule has 1 aromatic rings. The zero-order chi connectivity index (χ0) is 11.6. The zero-order valence-corrected chi connectivity index (χ0v) is 9.31. The molecule has 4 nitrogen and oxygen atoms in total. The number of rotatable bonds is 3. The third kappa shape index (κ3) is 2.01. The molecule has 0 bridgehead atoms. The van der Waals surface area contributed by atoms with Crippen LogP contribution in [0.4, 0.5) is 5.82 Å². The van der Waals surface area contributed by atoms with E-state index in [0.29, 0.717) is 24.6 Å². The van der Waals surface area contributed by atoms with Crippen LogP contribution in [0.1, 0.15) is 26.2 Å². The molecule has 1 heterocycles. The van der Waals surface area contributed by atoms with Crippen molar-refractivity contribution < 1.29 is 9.90 Å². The first kappa shape index (κ1) is 10.9. The number of hydrogen-bond acceptors (Lipinski definition) is 3. The molecule has 0 aliphatic heterocycles. The predicted octanol–water partition coefficient (Wildman–Crippen LogP) is 2.14. The first-order chi connectivity index (χ1) is 7.62. The number of carboxylic acids is 1. The summed E-state index contributed by atoms with van der Waals surface area (Å²) in [5.41, 5.74) is -0.826. The lowest BCUT2D eigenvalue weighted by molar-refractivity contribution is -0.142. The summed E-state index contributed by atoms with van der Waals surface area (Å²) in [7, 11) is 0. The Bertz CT molecular complexity index is 380. The van der Waals surface area contributed by atoms with Gasteiger partial charge in [-0.05, 0) is 37.3 Å². The molecule has 2 atom stereocenters. The van der Waals surface area contributed by atoms with Crippen LogP contribution in [0.5, 0.6) is 0 Å². The molecule has 1 saturated carbocycles. The Balaban J connectivity index is 2.19. The summed E-state index contributed by atoms with van der Waals surface area (Å²) >= 11 is 0. The zero-order valence-electron chi connectivity index (χ0n) is 9.31. The van der Waals surface area contributed by atoms with E-state index in [1.54, 1.807) is 12.3 Å². The molecule has 4 heteroatoms. The van der Waals surface area contributed by atoms with Crippen molar-refractivity contribution in [3.63, 3.8) is 0 Å². The van der Waals surface area contributed by atoms with Gasteiger partial charge < -0.3 is 10.4 Å². The van der Waals surface area contributed by atoms with Crippen LogP contribution in [0.15, 0.2) is 24.4 Å². The molecule has 1 aliphatic carbocycles. The lowest BCUT2D eigenvalue weighted by Gasteiger charge is -2.26. The van der Waals surface area contributed by atoms with Gasteiger partial charge in [0.25, 0.3) is 0 Å². The minimum absolute atomic E-state index is 0.451. The third-order valence-electron chi connectivity index (χ3n) is 3.20. The lowest BCUT2D eigenvalue weighted by Crippen LogP contribution is -2.44. The van der Waals surface area contributed by atoms with Crippen molar-refractivity contribution in [2.75, 3.05) is 5.32 Å². The first-order valence-corrected chi connectivity index (χ1v) is 5.55. The number of carbonyl (C=O) groups is 1. The molecule has 2 rings (SSSR count). The topological polar surface area (TPSA) is 62.2 Å². The van der Waals surface area contributed by atoms with E-state index in [1.807, 2.05) is 12.1 Å². The van der Waals surface area contributed by atoms with E-state index in [2.05, 4.69) is 17.2 Å². The average Bonchev–Trinajstić information content (AvgIpc) is 2.63. The van der Waals surface area contributed by atoms with Gasteiger partial charge in [-0.2, -0.15) is 0 Å². The fraction of sp³-hybridized carbons (Fsp3) is 0.500.